The first-order valence-electron chi connectivity index (χ1n) is 8.88. The maximum absolute atomic E-state index is 12.3. The Morgan fingerprint density at radius 2 is 1.83 bits per heavy atom. The first-order chi connectivity index (χ1) is 11.6. The molecule has 1 fully saturated rings. The number of ether oxygens (including phenoxy) is 1. The normalized spacial score (nSPS) is 16.4. The lowest BCUT2D eigenvalue weighted by molar-refractivity contribution is -0.138. The fourth-order valence-electron chi connectivity index (χ4n) is 3.00. The highest BCUT2D eigenvalue weighted by Gasteiger charge is 2.23. The summed E-state index contributed by atoms with van der Waals surface area (Å²) in [6.45, 7) is 2.42. The first kappa shape index (κ1) is 18.5. The lowest BCUT2D eigenvalue weighted by Gasteiger charge is -2.26. The molecule has 1 aromatic carbocycles. The van der Waals surface area contributed by atoms with Crippen molar-refractivity contribution in [1.82, 2.24) is 10.6 Å². The second-order valence-corrected chi connectivity index (χ2v) is 6.29. The Morgan fingerprint density at radius 3 is 2.42 bits per heavy atom. The Hall–Kier alpha value is -1.88. The minimum atomic E-state index is -0.377. The Morgan fingerprint density at radius 1 is 1.17 bits per heavy atom. The van der Waals surface area contributed by atoms with Gasteiger partial charge in [-0.1, -0.05) is 38.3 Å². The maximum Gasteiger partial charge on any atom is 0.251 e. The molecule has 0 spiro atoms. The summed E-state index contributed by atoms with van der Waals surface area (Å²) in [5.41, 5.74) is 1.57. The van der Waals surface area contributed by atoms with Crippen molar-refractivity contribution in [2.45, 2.75) is 64.2 Å². The van der Waals surface area contributed by atoms with Crippen LogP contribution in [-0.2, 0) is 16.1 Å². The van der Waals surface area contributed by atoms with Crippen LogP contribution in [-0.4, -0.2) is 31.1 Å². The summed E-state index contributed by atoms with van der Waals surface area (Å²) in [5, 5.41) is 5.52. The van der Waals surface area contributed by atoms with Gasteiger partial charge in [0.05, 0.1) is 6.10 Å². The van der Waals surface area contributed by atoms with Gasteiger partial charge in [0.2, 0.25) is 5.91 Å². The third-order valence-electron chi connectivity index (χ3n) is 4.48. The number of hydrogen-bond acceptors (Lipinski definition) is 3. The predicted molar refractivity (Wildman–Crippen MR) is 93.7 cm³/mol. The second-order valence-electron chi connectivity index (χ2n) is 6.29. The number of hydrogen-bond donors (Lipinski definition) is 2. The zero-order valence-corrected chi connectivity index (χ0v) is 14.6. The smallest absolute Gasteiger partial charge is 0.251 e. The standard InChI is InChI=1S/C19H28N2O3/c1-3-17(24-16-7-5-4-6-8-16)19(23)21-13-14-9-11-15(12-10-14)18(22)20-2/h9-12,16-17H,3-8,13H2,1-2H3,(H,20,22)(H,21,23)/t17-/m0/s1. The van der Waals surface area contributed by atoms with E-state index >= 15 is 0 Å². The van der Waals surface area contributed by atoms with Gasteiger partial charge in [0, 0.05) is 19.2 Å². The molecule has 2 rings (SSSR count). The van der Waals surface area contributed by atoms with Gasteiger partial charge in [0.1, 0.15) is 6.10 Å². The molecular weight excluding hydrogens is 304 g/mol. The molecule has 0 unspecified atom stereocenters. The number of amides is 2. The van der Waals surface area contributed by atoms with Gasteiger partial charge in [-0.3, -0.25) is 9.59 Å². The molecule has 132 valence electrons. The van der Waals surface area contributed by atoms with Crippen molar-refractivity contribution in [2.75, 3.05) is 7.05 Å². The monoisotopic (exact) mass is 332 g/mol. The second kappa shape index (κ2) is 9.42. The molecule has 5 nitrogen and oxygen atoms in total. The van der Waals surface area contributed by atoms with E-state index in [1.165, 1.54) is 19.3 Å². The summed E-state index contributed by atoms with van der Waals surface area (Å²) in [6.07, 6.45) is 6.31. The summed E-state index contributed by atoms with van der Waals surface area (Å²) in [4.78, 5) is 23.9. The van der Waals surface area contributed by atoms with E-state index in [9.17, 15) is 9.59 Å². The van der Waals surface area contributed by atoms with Crippen molar-refractivity contribution < 1.29 is 14.3 Å². The highest BCUT2D eigenvalue weighted by Crippen LogP contribution is 2.22. The van der Waals surface area contributed by atoms with E-state index in [1.54, 1.807) is 19.2 Å². The molecule has 0 aliphatic heterocycles. The van der Waals surface area contributed by atoms with Gasteiger partial charge in [-0.2, -0.15) is 0 Å². The summed E-state index contributed by atoms with van der Waals surface area (Å²) in [5.74, 6) is -0.170. The molecule has 1 atom stereocenters. The van der Waals surface area contributed by atoms with Crippen LogP contribution in [0.4, 0.5) is 0 Å². The molecule has 2 N–H and O–H groups in total. The molecule has 5 heteroatoms. The highest BCUT2D eigenvalue weighted by molar-refractivity contribution is 5.93. The Kier molecular flexibility index (Phi) is 7.25. The molecule has 0 heterocycles. The van der Waals surface area contributed by atoms with Crippen molar-refractivity contribution in [3.63, 3.8) is 0 Å². The van der Waals surface area contributed by atoms with E-state index in [1.807, 2.05) is 19.1 Å². The number of carbonyl (C=O) groups is 2. The van der Waals surface area contributed by atoms with Crippen LogP contribution in [0.3, 0.4) is 0 Å². The van der Waals surface area contributed by atoms with Gasteiger partial charge in [-0.25, -0.2) is 0 Å². The number of benzene rings is 1. The fourth-order valence-corrected chi connectivity index (χ4v) is 3.00. The molecule has 1 aromatic rings. The van der Waals surface area contributed by atoms with E-state index in [0.29, 0.717) is 18.5 Å². The highest BCUT2D eigenvalue weighted by atomic mass is 16.5. The quantitative estimate of drug-likeness (QED) is 0.807. The Balaban J connectivity index is 1.82. The first-order valence-corrected chi connectivity index (χ1v) is 8.88. The molecular formula is C19H28N2O3. The van der Waals surface area contributed by atoms with Gasteiger partial charge >= 0.3 is 0 Å². The minimum Gasteiger partial charge on any atom is -0.365 e. The molecule has 0 bridgehead atoms. The fraction of sp³-hybridized carbons (Fsp3) is 0.579. The lowest BCUT2D eigenvalue weighted by Crippen LogP contribution is -2.38. The van der Waals surface area contributed by atoms with Gasteiger partial charge in [0.15, 0.2) is 0 Å². The van der Waals surface area contributed by atoms with E-state index in [0.717, 1.165) is 18.4 Å². The largest absolute Gasteiger partial charge is 0.365 e. The van der Waals surface area contributed by atoms with Gasteiger partial charge in [-0.15, -0.1) is 0 Å². The van der Waals surface area contributed by atoms with Crippen LogP contribution in [0.15, 0.2) is 24.3 Å². The van der Waals surface area contributed by atoms with Crippen LogP contribution < -0.4 is 10.6 Å². The zero-order chi connectivity index (χ0) is 17.4. The molecule has 1 aliphatic carbocycles. The van der Waals surface area contributed by atoms with Crippen molar-refractivity contribution in [1.29, 1.82) is 0 Å². The molecule has 2 amide bonds. The van der Waals surface area contributed by atoms with E-state index in [4.69, 9.17) is 4.74 Å². The van der Waals surface area contributed by atoms with E-state index in [-0.39, 0.29) is 24.0 Å². The van der Waals surface area contributed by atoms with E-state index in [2.05, 4.69) is 10.6 Å². The zero-order valence-electron chi connectivity index (χ0n) is 14.6. The number of rotatable bonds is 7. The summed E-state index contributed by atoms with van der Waals surface area (Å²) in [6, 6.07) is 7.23. The maximum atomic E-state index is 12.3. The van der Waals surface area contributed by atoms with Crippen molar-refractivity contribution in [2.24, 2.45) is 0 Å². The summed E-state index contributed by atoms with van der Waals surface area (Å²) < 4.78 is 5.99. The molecule has 0 radical (unpaired) electrons. The van der Waals surface area contributed by atoms with Crippen LogP contribution >= 0.6 is 0 Å². The number of nitrogens with one attached hydrogen (secondary N) is 2. The topological polar surface area (TPSA) is 67.4 Å². The van der Waals surface area contributed by atoms with Crippen LogP contribution in [0.1, 0.15) is 61.4 Å². The number of carbonyl (C=O) groups excluding carboxylic acids is 2. The molecule has 0 aromatic heterocycles. The molecule has 24 heavy (non-hydrogen) atoms. The van der Waals surface area contributed by atoms with E-state index < -0.39 is 0 Å². The average molecular weight is 332 g/mol. The van der Waals surface area contributed by atoms with Gasteiger partial charge < -0.3 is 15.4 Å². The molecule has 0 saturated heterocycles. The van der Waals surface area contributed by atoms with Crippen LogP contribution in [0.2, 0.25) is 0 Å². The summed E-state index contributed by atoms with van der Waals surface area (Å²) in [7, 11) is 1.60. The minimum absolute atomic E-state index is 0.0570. The average Bonchev–Trinajstić information content (AvgIpc) is 2.64. The third kappa shape index (κ3) is 5.34. The molecule has 1 aliphatic rings. The summed E-state index contributed by atoms with van der Waals surface area (Å²) >= 11 is 0. The van der Waals surface area contributed by atoms with Crippen LogP contribution in [0, 0.1) is 0 Å². The third-order valence-corrected chi connectivity index (χ3v) is 4.48. The van der Waals surface area contributed by atoms with Crippen LogP contribution in [0.5, 0.6) is 0 Å². The van der Waals surface area contributed by atoms with Crippen LogP contribution in [0.25, 0.3) is 0 Å². The Bertz CT molecular complexity index is 536. The van der Waals surface area contributed by atoms with Gasteiger partial charge in [0.25, 0.3) is 5.91 Å². The van der Waals surface area contributed by atoms with Crippen molar-refractivity contribution >= 4 is 11.8 Å². The SMILES string of the molecule is CC[C@H](OC1CCCCC1)C(=O)NCc1ccc(C(=O)NC)cc1. The van der Waals surface area contributed by atoms with Crippen molar-refractivity contribution in [3.8, 4) is 0 Å². The predicted octanol–water partition coefficient (Wildman–Crippen LogP) is 2.79. The van der Waals surface area contributed by atoms with Gasteiger partial charge in [-0.05, 0) is 37.0 Å². The van der Waals surface area contributed by atoms with Crippen molar-refractivity contribution in [3.05, 3.63) is 35.4 Å². The lowest BCUT2D eigenvalue weighted by atomic mass is 9.97. The molecule has 1 saturated carbocycles. The Labute approximate surface area is 144 Å².